The average Bonchev–Trinajstić information content (AvgIpc) is 2.68. The van der Waals surface area contributed by atoms with E-state index >= 15 is 0 Å². The lowest BCUT2D eigenvalue weighted by Gasteiger charge is -2.38. The fourth-order valence-electron chi connectivity index (χ4n) is 4.10. The molecule has 3 heterocycles. The number of para-hydroxylation sites is 2. The first-order chi connectivity index (χ1) is 12.7. The maximum absolute atomic E-state index is 13.3. The zero-order chi connectivity index (χ0) is 17.5. The monoisotopic (exact) mass is 356 g/mol. The summed E-state index contributed by atoms with van der Waals surface area (Å²) < 4.78 is 26.6. The van der Waals surface area contributed by atoms with E-state index in [-0.39, 0.29) is 0 Å². The Labute approximate surface area is 150 Å². The molecule has 4 aromatic rings. The molecule has 0 atom stereocenters. The van der Waals surface area contributed by atoms with Crippen molar-refractivity contribution in [1.82, 2.24) is 4.98 Å². The lowest BCUT2D eigenvalue weighted by molar-refractivity contribution is 0.595. The highest BCUT2D eigenvalue weighted by Crippen LogP contribution is 2.56. The molecule has 0 fully saturated rings. The van der Waals surface area contributed by atoms with Crippen LogP contribution in [-0.4, -0.2) is 13.4 Å². The second kappa shape index (κ2) is 4.51. The highest BCUT2D eigenvalue weighted by atomic mass is 32.2. The number of hydrogen-bond donors (Lipinski definition) is 0. The number of aromatic nitrogens is 1. The SMILES string of the molecule is O=S1(=O)c2ccccc2N2c3ccccc3-c3nccc4ccc1c2c34. The van der Waals surface area contributed by atoms with Crippen molar-refractivity contribution in [3.63, 3.8) is 0 Å². The summed E-state index contributed by atoms with van der Waals surface area (Å²) in [6.45, 7) is 0. The normalized spacial score (nSPS) is 15.5. The van der Waals surface area contributed by atoms with Gasteiger partial charge in [-0.15, -0.1) is 0 Å². The number of nitrogens with zero attached hydrogens (tertiary/aromatic N) is 2. The van der Waals surface area contributed by atoms with Gasteiger partial charge < -0.3 is 4.90 Å². The molecule has 6 rings (SSSR count). The summed E-state index contributed by atoms with van der Waals surface area (Å²) >= 11 is 0. The molecule has 0 spiro atoms. The van der Waals surface area contributed by atoms with Gasteiger partial charge in [-0.3, -0.25) is 4.98 Å². The quantitative estimate of drug-likeness (QED) is 0.391. The van der Waals surface area contributed by atoms with Gasteiger partial charge in [-0.25, -0.2) is 8.42 Å². The molecule has 5 heteroatoms. The number of sulfone groups is 1. The minimum Gasteiger partial charge on any atom is -0.306 e. The van der Waals surface area contributed by atoms with Crippen molar-refractivity contribution in [3.8, 4) is 11.3 Å². The summed E-state index contributed by atoms with van der Waals surface area (Å²) in [5.74, 6) is 0. The van der Waals surface area contributed by atoms with Gasteiger partial charge in [-0.1, -0.05) is 36.4 Å². The summed E-state index contributed by atoms with van der Waals surface area (Å²) in [6, 6.07) is 20.7. The second-order valence-electron chi connectivity index (χ2n) is 6.49. The molecular weight excluding hydrogens is 344 g/mol. The molecule has 4 nitrogen and oxygen atoms in total. The van der Waals surface area contributed by atoms with Crippen molar-refractivity contribution in [1.29, 1.82) is 0 Å². The van der Waals surface area contributed by atoms with Crippen LogP contribution in [0.1, 0.15) is 0 Å². The average molecular weight is 356 g/mol. The fraction of sp³-hybridized carbons (Fsp3) is 0. The predicted octanol–water partition coefficient (Wildman–Crippen LogP) is 4.83. The Morgan fingerprint density at radius 3 is 2.42 bits per heavy atom. The summed E-state index contributed by atoms with van der Waals surface area (Å²) in [7, 11) is -3.58. The summed E-state index contributed by atoms with van der Waals surface area (Å²) in [5, 5.41) is 1.88. The maximum atomic E-state index is 13.3. The Morgan fingerprint density at radius 1 is 0.769 bits per heavy atom. The van der Waals surface area contributed by atoms with Crippen LogP contribution in [0, 0.1) is 0 Å². The van der Waals surface area contributed by atoms with Crippen molar-refractivity contribution >= 4 is 37.7 Å². The van der Waals surface area contributed by atoms with E-state index in [9.17, 15) is 8.42 Å². The van der Waals surface area contributed by atoms with Gasteiger partial charge in [0.1, 0.15) is 0 Å². The Balaban J connectivity index is 1.92. The highest BCUT2D eigenvalue weighted by molar-refractivity contribution is 7.92. The van der Waals surface area contributed by atoms with E-state index in [1.165, 1.54) is 0 Å². The summed E-state index contributed by atoms with van der Waals surface area (Å²) in [5.41, 5.74) is 4.20. The lowest BCUT2D eigenvalue weighted by atomic mass is 9.95. The molecule has 2 aliphatic heterocycles. The van der Waals surface area contributed by atoms with Crippen LogP contribution >= 0.6 is 0 Å². The van der Waals surface area contributed by atoms with Crippen LogP contribution in [-0.2, 0) is 9.84 Å². The van der Waals surface area contributed by atoms with Gasteiger partial charge in [0.15, 0.2) is 0 Å². The molecule has 0 saturated carbocycles. The van der Waals surface area contributed by atoms with Gasteiger partial charge in [0.05, 0.1) is 32.5 Å². The Kier molecular flexibility index (Phi) is 2.43. The Bertz CT molecular complexity index is 1360. The molecule has 3 aromatic carbocycles. The molecule has 0 saturated heterocycles. The summed E-state index contributed by atoms with van der Waals surface area (Å²) in [6.07, 6.45) is 1.78. The van der Waals surface area contributed by atoms with Crippen LogP contribution in [0.3, 0.4) is 0 Å². The third-order valence-electron chi connectivity index (χ3n) is 5.18. The number of fused-ring (bicyclic) bond motifs is 5. The second-order valence-corrected chi connectivity index (χ2v) is 8.38. The molecule has 0 unspecified atom stereocenters. The van der Waals surface area contributed by atoms with Crippen LogP contribution in [0.5, 0.6) is 0 Å². The third-order valence-corrected chi connectivity index (χ3v) is 7.01. The molecule has 0 aliphatic carbocycles. The zero-order valence-electron chi connectivity index (χ0n) is 13.5. The van der Waals surface area contributed by atoms with Crippen molar-refractivity contribution in [3.05, 3.63) is 72.9 Å². The molecule has 0 amide bonds. The molecule has 0 N–H and O–H groups in total. The van der Waals surface area contributed by atoms with E-state index in [0.717, 1.165) is 27.7 Å². The lowest BCUT2D eigenvalue weighted by Crippen LogP contribution is -2.24. The van der Waals surface area contributed by atoms with Gasteiger partial charge in [0.25, 0.3) is 0 Å². The molecule has 0 bridgehead atoms. The standard InChI is InChI=1S/C21H12N2O2S/c24-26(25)17-8-4-3-7-16(17)23-15-6-2-1-5-14(15)20-19-13(11-12-22-20)9-10-18(26)21(19)23/h1-12H. The minimum atomic E-state index is -3.58. The minimum absolute atomic E-state index is 0.340. The predicted molar refractivity (Wildman–Crippen MR) is 101 cm³/mol. The van der Waals surface area contributed by atoms with Gasteiger partial charge in [-0.05, 0) is 35.7 Å². The Morgan fingerprint density at radius 2 is 1.54 bits per heavy atom. The summed E-state index contributed by atoms with van der Waals surface area (Å²) in [4.78, 5) is 7.34. The van der Waals surface area contributed by atoms with E-state index in [2.05, 4.69) is 9.88 Å². The smallest absolute Gasteiger partial charge is 0.210 e. The van der Waals surface area contributed by atoms with Gasteiger partial charge in [0.2, 0.25) is 9.84 Å². The van der Waals surface area contributed by atoms with Crippen LogP contribution in [0.4, 0.5) is 17.1 Å². The number of rotatable bonds is 0. The van der Waals surface area contributed by atoms with Crippen LogP contribution < -0.4 is 4.90 Å². The topological polar surface area (TPSA) is 50.3 Å². The van der Waals surface area contributed by atoms with Crippen molar-refractivity contribution < 1.29 is 8.42 Å². The molecule has 0 radical (unpaired) electrons. The molecular formula is C21H12N2O2S. The van der Waals surface area contributed by atoms with E-state index < -0.39 is 9.84 Å². The number of pyridine rings is 1. The first-order valence-electron chi connectivity index (χ1n) is 8.33. The number of anilines is 3. The molecule has 2 aliphatic rings. The maximum Gasteiger partial charge on any atom is 0.210 e. The fourth-order valence-corrected chi connectivity index (χ4v) is 5.73. The largest absolute Gasteiger partial charge is 0.306 e. The van der Waals surface area contributed by atoms with Crippen LogP contribution in [0.2, 0.25) is 0 Å². The van der Waals surface area contributed by atoms with E-state index in [1.54, 1.807) is 24.4 Å². The first kappa shape index (κ1) is 14.0. The van der Waals surface area contributed by atoms with Crippen LogP contribution in [0.25, 0.3) is 22.0 Å². The van der Waals surface area contributed by atoms with Crippen molar-refractivity contribution in [2.75, 3.05) is 4.90 Å². The highest BCUT2D eigenvalue weighted by Gasteiger charge is 2.39. The van der Waals surface area contributed by atoms with E-state index in [1.807, 2.05) is 48.5 Å². The third kappa shape index (κ3) is 1.50. The van der Waals surface area contributed by atoms with E-state index in [4.69, 9.17) is 0 Å². The number of benzene rings is 3. The van der Waals surface area contributed by atoms with Gasteiger partial charge in [0, 0.05) is 17.1 Å². The van der Waals surface area contributed by atoms with Gasteiger partial charge >= 0.3 is 0 Å². The molecule has 26 heavy (non-hydrogen) atoms. The van der Waals surface area contributed by atoms with Crippen molar-refractivity contribution in [2.45, 2.75) is 9.79 Å². The van der Waals surface area contributed by atoms with E-state index in [0.29, 0.717) is 21.2 Å². The van der Waals surface area contributed by atoms with Crippen LogP contribution in [0.15, 0.2) is 82.7 Å². The number of hydrogen-bond acceptors (Lipinski definition) is 4. The molecule has 1 aromatic heterocycles. The molecule has 124 valence electrons. The first-order valence-corrected chi connectivity index (χ1v) is 9.81. The zero-order valence-corrected chi connectivity index (χ0v) is 14.4. The van der Waals surface area contributed by atoms with Crippen molar-refractivity contribution in [2.24, 2.45) is 0 Å². The Hall–Kier alpha value is -3.18. The van der Waals surface area contributed by atoms with Gasteiger partial charge in [-0.2, -0.15) is 0 Å².